The van der Waals surface area contributed by atoms with Gasteiger partial charge in [0, 0.05) is 0 Å². The highest BCUT2D eigenvalue weighted by Crippen LogP contribution is 2.20. The summed E-state index contributed by atoms with van der Waals surface area (Å²) < 4.78 is 17.3. The lowest BCUT2D eigenvalue weighted by Crippen LogP contribution is -2.05. The number of methoxy groups -OCH3 is 1. The van der Waals surface area contributed by atoms with E-state index in [9.17, 15) is 9.18 Å². The Morgan fingerprint density at radius 2 is 2.31 bits per heavy atom. The van der Waals surface area contributed by atoms with Crippen molar-refractivity contribution in [1.29, 1.82) is 0 Å². The minimum absolute atomic E-state index is 0.00685. The Morgan fingerprint density at radius 1 is 1.62 bits per heavy atom. The average molecular weight is 203 g/mol. The molecule has 0 radical (unpaired) electrons. The Labute approximate surface area is 80.3 Å². The van der Waals surface area contributed by atoms with Crippen molar-refractivity contribution < 1.29 is 13.9 Å². The SMILES string of the molecule is COC(=O)Cc1cccc(F)c1Cl. The first-order valence-electron chi connectivity index (χ1n) is 3.65. The number of hydrogen-bond donors (Lipinski definition) is 0. The number of hydrogen-bond acceptors (Lipinski definition) is 2. The largest absolute Gasteiger partial charge is 0.469 e. The number of halogens is 2. The molecule has 70 valence electrons. The molecule has 0 aliphatic rings. The Balaban J connectivity index is 2.89. The van der Waals surface area contributed by atoms with E-state index in [0.29, 0.717) is 5.56 Å². The minimum atomic E-state index is -0.525. The van der Waals surface area contributed by atoms with Gasteiger partial charge in [0.2, 0.25) is 0 Å². The van der Waals surface area contributed by atoms with Crippen LogP contribution in [0.1, 0.15) is 5.56 Å². The Morgan fingerprint density at radius 3 is 2.92 bits per heavy atom. The summed E-state index contributed by atoms with van der Waals surface area (Å²) in [5.74, 6) is -0.962. The van der Waals surface area contributed by atoms with E-state index in [1.54, 1.807) is 6.07 Å². The third kappa shape index (κ3) is 2.42. The van der Waals surface area contributed by atoms with E-state index in [0.717, 1.165) is 0 Å². The minimum Gasteiger partial charge on any atom is -0.469 e. The van der Waals surface area contributed by atoms with Crippen LogP contribution in [-0.2, 0) is 16.0 Å². The number of carbonyl (C=O) groups is 1. The highest BCUT2D eigenvalue weighted by Gasteiger charge is 2.09. The molecular formula is C9H8ClFO2. The number of rotatable bonds is 2. The van der Waals surface area contributed by atoms with Crippen molar-refractivity contribution in [3.63, 3.8) is 0 Å². The van der Waals surface area contributed by atoms with Crippen LogP contribution in [0.2, 0.25) is 5.02 Å². The molecule has 0 fully saturated rings. The van der Waals surface area contributed by atoms with Crippen LogP contribution in [0.4, 0.5) is 4.39 Å². The molecule has 0 amide bonds. The number of benzene rings is 1. The zero-order chi connectivity index (χ0) is 9.84. The van der Waals surface area contributed by atoms with Gasteiger partial charge in [0.1, 0.15) is 5.82 Å². The van der Waals surface area contributed by atoms with Crippen molar-refractivity contribution in [2.75, 3.05) is 7.11 Å². The molecule has 0 heterocycles. The summed E-state index contributed by atoms with van der Waals surface area (Å²) in [6.07, 6.45) is -0.00685. The lowest BCUT2D eigenvalue weighted by Gasteiger charge is -2.02. The maximum atomic E-state index is 12.8. The van der Waals surface area contributed by atoms with Crippen molar-refractivity contribution in [2.24, 2.45) is 0 Å². The molecule has 0 spiro atoms. The van der Waals surface area contributed by atoms with Crippen LogP contribution in [0.15, 0.2) is 18.2 Å². The highest BCUT2D eigenvalue weighted by molar-refractivity contribution is 6.31. The van der Waals surface area contributed by atoms with Gasteiger partial charge in [0.25, 0.3) is 0 Å². The molecule has 1 aromatic carbocycles. The van der Waals surface area contributed by atoms with E-state index < -0.39 is 11.8 Å². The summed E-state index contributed by atoms with van der Waals surface area (Å²) >= 11 is 5.61. The third-order valence-corrected chi connectivity index (χ3v) is 2.02. The first-order valence-corrected chi connectivity index (χ1v) is 4.02. The zero-order valence-electron chi connectivity index (χ0n) is 7.01. The summed E-state index contributed by atoms with van der Waals surface area (Å²) in [5, 5.41) is -0.0205. The molecule has 0 atom stereocenters. The first kappa shape index (κ1) is 9.99. The van der Waals surface area contributed by atoms with E-state index in [2.05, 4.69) is 4.74 Å². The van der Waals surface area contributed by atoms with E-state index in [-0.39, 0.29) is 11.4 Å². The second-order valence-corrected chi connectivity index (χ2v) is 2.84. The van der Waals surface area contributed by atoms with Gasteiger partial charge in [-0.15, -0.1) is 0 Å². The average Bonchev–Trinajstić information content (AvgIpc) is 2.13. The molecule has 0 saturated carbocycles. The van der Waals surface area contributed by atoms with Gasteiger partial charge >= 0.3 is 5.97 Å². The molecule has 1 rings (SSSR count). The molecule has 0 aromatic heterocycles. The number of ether oxygens (including phenoxy) is 1. The van der Waals surface area contributed by atoms with Gasteiger partial charge in [-0.05, 0) is 11.6 Å². The Kier molecular flexibility index (Phi) is 3.25. The summed E-state index contributed by atoms with van der Waals surface area (Å²) in [5.41, 5.74) is 0.438. The normalized spacial score (nSPS) is 9.77. The van der Waals surface area contributed by atoms with Gasteiger partial charge < -0.3 is 4.74 Å². The smallest absolute Gasteiger partial charge is 0.310 e. The lowest BCUT2D eigenvalue weighted by molar-refractivity contribution is -0.139. The van der Waals surface area contributed by atoms with Crippen molar-refractivity contribution in [2.45, 2.75) is 6.42 Å². The van der Waals surface area contributed by atoms with Gasteiger partial charge in [-0.2, -0.15) is 0 Å². The van der Waals surface area contributed by atoms with Crippen molar-refractivity contribution in [1.82, 2.24) is 0 Å². The van der Waals surface area contributed by atoms with Crippen LogP contribution in [0.3, 0.4) is 0 Å². The molecule has 2 nitrogen and oxygen atoms in total. The van der Waals surface area contributed by atoms with Crippen LogP contribution in [-0.4, -0.2) is 13.1 Å². The molecule has 0 aliphatic heterocycles. The van der Waals surface area contributed by atoms with Crippen molar-refractivity contribution in [3.8, 4) is 0 Å². The van der Waals surface area contributed by atoms with E-state index in [1.165, 1.54) is 19.2 Å². The Bertz CT molecular complexity index is 325. The van der Waals surface area contributed by atoms with Gasteiger partial charge in [-0.3, -0.25) is 4.79 Å². The molecule has 13 heavy (non-hydrogen) atoms. The zero-order valence-corrected chi connectivity index (χ0v) is 7.77. The van der Waals surface area contributed by atoms with Crippen molar-refractivity contribution in [3.05, 3.63) is 34.6 Å². The summed E-state index contributed by atoms with van der Waals surface area (Å²) in [7, 11) is 1.27. The van der Waals surface area contributed by atoms with Crippen LogP contribution in [0.25, 0.3) is 0 Å². The van der Waals surface area contributed by atoms with E-state index in [4.69, 9.17) is 11.6 Å². The predicted molar refractivity (Wildman–Crippen MR) is 47.1 cm³/mol. The molecule has 1 aromatic rings. The van der Waals surface area contributed by atoms with Gasteiger partial charge in [-0.1, -0.05) is 23.7 Å². The molecule has 0 bridgehead atoms. The monoisotopic (exact) mass is 202 g/mol. The maximum absolute atomic E-state index is 12.8. The predicted octanol–water partition coefficient (Wildman–Crippen LogP) is 2.19. The van der Waals surface area contributed by atoms with Crippen LogP contribution in [0.5, 0.6) is 0 Å². The fourth-order valence-corrected chi connectivity index (χ4v) is 1.11. The fourth-order valence-electron chi connectivity index (χ4n) is 0.913. The second kappa shape index (κ2) is 4.23. The fraction of sp³-hybridized carbons (Fsp3) is 0.222. The third-order valence-electron chi connectivity index (χ3n) is 1.59. The quantitative estimate of drug-likeness (QED) is 0.688. The standard InChI is InChI=1S/C9H8ClFO2/c1-13-8(12)5-6-3-2-4-7(11)9(6)10/h2-4H,5H2,1H3. The maximum Gasteiger partial charge on any atom is 0.310 e. The first-order chi connectivity index (χ1) is 6.15. The Hall–Kier alpha value is -1.09. The summed E-state index contributed by atoms with van der Waals surface area (Å²) in [6, 6.07) is 4.32. The lowest BCUT2D eigenvalue weighted by atomic mass is 10.1. The topological polar surface area (TPSA) is 26.3 Å². The number of esters is 1. The molecule has 0 saturated heterocycles. The van der Waals surface area contributed by atoms with Gasteiger partial charge in [-0.25, -0.2) is 4.39 Å². The molecule has 0 aliphatic carbocycles. The van der Waals surface area contributed by atoms with Crippen molar-refractivity contribution >= 4 is 17.6 Å². The van der Waals surface area contributed by atoms with Crippen LogP contribution in [0, 0.1) is 5.82 Å². The molecular weight excluding hydrogens is 195 g/mol. The molecule has 0 unspecified atom stereocenters. The highest BCUT2D eigenvalue weighted by atomic mass is 35.5. The molecule has 0 N–H and O–H groups in total. The molecule has 4 heteroatoms. The van der Waals surface area contributed by atoms with Crippen LogP contribution >= 0.6 is 11.6 Å². The van der Waals surface area contributed by atoms with E-state index >= 15 is 0 Å². The van der Waals surface area contributed by atoms with Gasteiger partial charge in [0.05, 0.1) is 18.6 Å². The van der Waals surface area contributed by atoms with Crippen LogP contribution < -0.4 is 0 Å². The van der Waals surface area contributed by atoms with E-state index in [1.807, 2.05) is 0 Å². The van der Waals surface area contributed by atoms with Gasteiger partial charge in [0.15, 0.2) is 0 Å². The summed E-state index contributed by atoms with van der Waals surface area (Å²) in [4.78, 5) is 10.8. The number of carbonyl (C=O) groups excluding carboxylic acids is 1. The summed E-state index contributed by atoms with van der Waals surface area (Å²) in [6.45, 7) is 0. The second-order valence-electron chi connectivity index (χ2n) is 2.47.